The number of alkyl halides is 3. The highest BCUT2D eigenvalue weighted by molar-refractivity contribution is 6.42. The normalized spacial score (nSPS) is 11.8. The second-order valence-corrected chi connectivity index (χ2v) is 5.04. The first kappa shape index (κ1) is 18.0. The first-order valence-corrected chi connectivity index (χ1v) is 6.62. The molecule has 0 saturated heterocycles. The van der Waals surface area contributed by atoms with Crippen molar-refractivity contribution in [3.8, 4) is 0 Å². The maximum absolute atomic E-state index is 12.3. The van der Waals surface area contributed by atoms with Gasteiger partial charge in [0, 0.05) is 12.2 Å². The molecule has 118 valence electrons. The molecule has 2 N–H and O–H groups in total. The first-order valence-electron chi connectivity index (χ1n) is 5.86. The van der Waals surface area contributed by atoms with E-state index < -0.39 is 31.8 Å². The molecule has 0 radical (unpaired) electrons. The molecule has 1 amide bonds. The number of carbonyl (C=O) groups is 1. The number of hydrogen-bond acceptors (Lipinski definition) is 3. The molecule has 0 aliphatic rings. The van der Waals surface area contributed by atoms with Crippen LogP contribution < -0.4 is 5.32 Å². The van der Waals surface area contributed by atoms with Gasteiger partial charge in [-0.15, -0.1) is 0 Å². The topological polar surface area (TPSA) is 52.6 Å². The van der Waals surface area contributed by atoms with Gasteiger partial charge in [0.25, 0.3) is 0 Å². The molecule has 1 rings (SSSR count). The van der Waals surface area contributed by atoms with Crippen LogP contribution in [-0.4, -0.2) is 48.3 Å². The van der Waals surface area contributed by atoms with Gasteiger partial charge < -0.3 is 10.4 Å². The predicted octanol–water partition coefficient (Wildman–Crippen LogP) is 2.79. The standard InChI is InChI=1S/C12H13Cl2F3N2O2/c13-9-2-1-8(5-10(9)14)18-11(21)6-19(3-4-20)7-12(15,16)17/h1-2,5,20H,3-4,6-7H2,(H,18,21). The van der Waals surface area contributed by atoms with E-state index in [2.05, 4.69) is 5.32 Å². The van der Waals surface area contributed by atoms with Crippen molar-refractivity contribution < 1.29 is 23.1 Å². The number of aliphatic hydroxyl groups is 1. The van der Waals surface area contributed by atoms with E-state index in [9.17, 15) is 18.0 Å². The predicted molar refractivity (Wildman–Crippen MR) is 74.7 cm³/mol. The summed E-state index contributed by atoms with van der Waals surface area (Å²) >= 11 is 11.5. The molecule has 0 heterocycles. The Hall–Kier alpha value is -1.02. The Morgan fingerprint density at radius 3 is 2.48 bits per heavy atom. The molecule has 0 aliphatic heterocycles. The maximum Gasteiger partial charge on any atom is 0.401 e. The minimum Gasteiger partial charge on any atom is -0.395 e. The summed E-state index contributed by atoms with van der Waals surface area (Å²) in [4.78, 5) is 12.5. The van der Waals surface area contributed by atoms with Crippen molar-refractivity contribution >= 4 is 34.8 Å². The Morgan fingerprint density at radius 1 is 1.29 bits per heavy atom. The second kappa shape index (κ2) is 7.84. The van der Waals surface area contributed by atoms with Gasteiger partial charge in [-0.25, -0.2) is 0 Å². The van der Waals surface area contributed by atoms with Crippen LogP contribution in [0.15, 0.2) is 18.2 Å². The highest BCUT2D eigenvalue weighted by Crippen LogP contribution is 2.25. The molecular formula is C12H13Cl2F3N2O2. The number of nitrogens with one attached hydrogen (secondary N) is 1. The lowest BCUT2D eigenvalue weighted by Crippen LogP contribution is -2.41. The lowest BCUT2D eigenvalue weighted by Gasteiger charge is -2.22. The lowest BCUT2D eigenvalue weighted by atomic mass is 10.3. The number of amides is 1. The average molecular weight is 345 g/mol. The van der Waals surface area contributed by atoms with E-state index in [1.165, 1.54) is 18.2 Å². The van der Waals surface area contributed by atoms with Crippen molar-refractivity contribution in [3.05, 3.63) is 28.2 Å². The monoisotopic (exact) mass is 344 g/mol. The number of anilines is 1. The summed E-state index contributed by atoms with van der Waals surface area (Å²) in [6, 6.07) is 4.33. The molecule has 1 aromatic rings. The third-order valence-electron chi connectivity index (χ3n) is 2.39. The van der Waals surface area contributed by atoms with Crippen LogP contribution in [0, 0.1) is 0 Å². The summed E-state index contributed by atoms with van der Waals surface area (Å²) in [5, 5.41) is 11.7. The number of carbonyl (C=O) groups excluding carboxylic acids is 1. The molecule has 0 unspecified atom stereocenters. The third-order valence-corrected chi connectivity index (χ3v) is 3.13. The highest BCUT2D eigenvalue weighted by atomic mass is 35.5. The molecule has 0 atom stereocenters. The summed E-state index contributed by atoms with van der Waals surface area (Å²) in [6.07, 6.45) is -4.45. The van der Waals surface area contributed by atoms with Crippen LogP contribution in [0.5, 0.6) is 0 Å². The number of aliphatic hydroxyl groups excluding tert-OH is 1. The van der Waals surface area contributed by atoms with Gasteiger partial charge in [-0.3, -0.25) is 9.69 Å². The quantitative estimate of drug-likeness (QED) is 0.834. The van der Waals surface area contributed by atoms with Crippen molar-refractivity contribution in [1.29, 1.82) is 0 Å². The van der Waals surface area contributed by atoms with E-state index in [1.807, 2.05) is 0 Å². The van der Waals surface area contributed by atoms with Crippen LogP contribution >= 0.6 is 23.2 Å². The molecule has 0 aliphatic carbocycles. The van der Waals surface area contributed by atoms with Gasteiger partial charge >= 0.3 is 6.18 Å². The molecule has 1 aromatic carbocycles. The van der Waals surface area contributed by atoms with Crippen molar-refractivity contribution in [3.63, 3.8) is 0 Å². The van der Waals surface area contributed by atoms with Crippen LogP contribution in [0.2, 0.25) is 10.0 Å². The van der Waals surface area contributed by atoms with Gasteiger partial charge in [0.05, 0.1) is 29.7 Å². The van der Waals surface area contributed by atoms with Gasteiger partial charge in [0.2, 0.25) is 5.91 Å². The second-order valence-electron chi connectivity index (χ2n) is 4.23. The molecule has 0 fully saturated rings. The minimum atomic E-state index is -4.45. The fraction of sp³-hybridized carbons (Fsp3) is 0.417. The zero-order valence-electron chi connectivity index (χ0n) is 10.8. The number of rotatable bonds is 6. The van der Waals surface area contributed by atoms with E-state index in [0.717, 1.165) is 4.90 Å². The zero-order valence-corrected chi connectivity index (χ0v) is 12.3. The van der Waals surface area contributed by atoms with Crippen LogP contribution in [-0.2, 0) is 4.79 Å². The fourth-order valence-electron chi connectivity index (χ4n) is 1.59. The molecular weight excluding hydrogens is 332 g/mol. The third kappa shape index (κ3) is 6.99. The molecule has 21 heavy (non-hydrogen) atoms. The molecule has 0 bridgehead atoms. The van der Waals surface area contributed by atoms with Crippen molar-refractivity contribution in [2.24, 2.45) is 0 Å². The van der Waals surface area contributed by atoms with E-state index in [4.69, 9.17) is 28.3 Å². The van der Waals surface area contributed by atoms with Crippen LogP contribution in [0.3, 0.4) is 0 Å². The van der Waals surface area contributed by atoms with Crippen LogP contribution in [0.1, 0.15) is 0 Å². The van der Waals surface area contributed by atoms with Crippen molar-refractivity contribution in [2.75, 3.05) is 31.6 Å². The molecule has 9 heteroatoms. The van der Waals surface area contributed by atoms with Gasteiger partial charge in [-0.2, -0.15) is 13.2 Å². The summed E-state index contributed by atoms with van der Waals surface area (Å²) in [7, 11) is 0. The largest absolute Gasteiger partial charge is 0.401 e. The van der Waals surface area contributed by atoms with E-state index in [-0.39, 0.29) is 11.6 Å². The molecule has 0 aromatic heterocycles. The van der Waals surface area contributed by atoms with E-state index >= 15 is 0 Å². The number of halogens is 5. The first-order chi connectivity index (χ1) is 9.71. The summed E-state index contributed by atoms with van der Waals surface area (Å²) in [6.45, 7) is -2.51. The smallest absolute Gasteiger partial charge is 0.395 e. The van der Waals surface area contributed by atoms with Gasteiger partial charge in [0.15, 0.2) is 0 Å². The lowest BCUT2D eigenvalue weighted by molar-refractivity contribution is -0.148. The van der Waals surface area contributed by atoms with Crippen molar-refractivity contribution in [2.45, 2.75) is 6.18 Å². The summed E-state index contributed by atoms with van der Waals surface area (Å²) in [5.41, 5.74) is 0.324. The number of hydrogen-bond donors (Lipinski definition) is 2. The Labute approximate surface area is 129 Å². The fourth-order valence-corrected chi connectivity index (χ4v) is 1.88. The maximum atomic E-state index is 12.3. The van der Waals surface area contributed by atoms with Crippen LogP contribution in [0.4, 0.5) is 18.9 Å². The summed E-state index contributed by atoms with van der Waals surface area (Å²) < 4.78 is 36.9. The SMILES string of the molecule is O=C(CN(CCO)CC(F)(F)F)Nc1ccc(Cl)c(Cl)c1. The van der Waals surface area contributed by atoms with Gasteiger partial charge in [-0.05, 0) is 18.2 Å². The molecule has 0 spiro atoms. The Bertz CT molecular complexity index is 498. The Kier molecular flexibility index (Phi) is 6.73. The zero-order chi connectivity index (χ0) is 16.0. The van der Waals surface area contributed by atoms with E-state index in [1.54, 1.807) is 0 Å². The van der Waals surface area contributed by atoms with Crippen LogP contribution in [0.25, 0.3) is 0 Å². The van der Waals surface area contributed by atoms with Gasteiger partial charge in [0.1, 0.15) is 0 Å². The van der Waals surface area contributed by atoms with Gasteiger partial charge in [-0.1, -0.05) is 23.2 Å². The Morgan fingerprint density at radius 2 is 1.95 bits per heavy atom. The Balaban J connectivity index is 2.62. The molecule has 4 nitrogen and oxygen atoms in total. The number of benzene rings is 1. The summed E-state index contributed by atoms with van der Waals surface area (Å²) in [5.74, 6) is -0.647. The minimum absolute atomic E-state index is 0.219. The van der Waals surface area contributed by atoms with Crippen molar-refractivity contribution in [1.82, 2.24) is 4.90 Å². The van der Waals surface area contributed by atoms with E-state index in [0.29, 0.717) is 10.7 Å². The molecule has 0 saturated carbocycles. The highest BCUT2D eigenvalue weighted by Gasteiger charge is 2.31. The average Bonchev–Trinajstić information content (AvgIpc) is 2.32. The number of nitrogens with zero attached hydrogens (tertiary/aromatic N) is 1.